The molecule has 0 atom stereocenters. The van der Waals surface area contributed by atoms with Gasteiger partial charge in [0, 0.05) is 21.2 Å². The van der Waals surface area contributed by atoms with Crippen molar-refractivity contribution in [2.45, 2.75) is 28.7 Å². The Morgan fingerprint density at radius 2 is 2.09 bits per heavy atom. The molecule has 1 aromatic heterocycles. The Hall–Kier alpha value is -2.27. The SMILES string of the molecule is O=C(NC1CC1)c1ccccc1Sc1ccc2cn[nH]c2c1. The molecule has 0 saturated heterocycles. The highest BCUT2D eigenvalue weighted by Gasteiger charge is 2.24. The Labute approximate surface area is 132 Å². The minimum absolute atomic E-state index is 0.0215. The number of H-pyrrole nitrogens is 1. The summed E-state index contributed by atoms with van der Waals surface area (Å²) in [5, 5.41) is 11.2. The van der Waals surface area contributed by atoms with Crippen molar-refractivity contribution < 1.29 is 4.79 Å². The number of rotatable bonds is 4. The van der Waals surface area contributed by atoms with Gasteiger partial charge in [0.25, 0.3) is 5.91 Å². The van der Waals surface area contributed by atoms with E-state index in [2.05, 4.69) is 27.6 Å². The number of hydrogen-bond donors (Lipinski definition) is 2. The Balaban J connectivity index is 1.62. The van der Waals surface area contributed by atoms with Crippen molar-refractivity contribution in [3.05, 3.63) is 54.2 Å². The first kappa shape index (κ1) is 13.4. The lowest BCUT2D eigenvalue weighted by atomic mass is 10.2. The number of aromatic amines is 1. The fourth-order valence-corrected chi connectivity index (χ4v) is 3.32. The summed E-state index contributed by atoms with van der Waals surface area (Å²) in [5.41, 5.74) is 1.74. The molecule has 1 heterocycles. The number of nitrogens with one attached hydrogen (secondary N) is 2. The van der Waals surface area contributed by atoms with Gasteiger partial charge in [-0.15, -0.1) is 0 Å². The maximum absolute atomic E-state index is 12.3. The lowest BCUT2D eigenvalue weighted by Gasteiger charge is -2.09. The molecule has 1 amide bonds. The Morgan fingerprint density at radius 1 is 1.23 bits per heavy atom. The van der Waals surface area contributed by atoms with Crippen LogP contribution in [0, 0.1) is 0 Å². The molecule has 110 valence electrons. The molecule has 2 aromatic carbocycles. The molecule has 4 nitrogen and oxygen atoms in total. The second-order valence-corrected chi connectivity index (χ2v) is 6.58. The highest BCUT2D eigenvalue weighted by Crippen LogP contribution is 2.32. The first-order valence-electron chi connectivity index (χ1n) is 7.30. The zero-order valence-corrected chi connectivity index (χ0v) is 12.7. The van der Waals surface area contributed by atoms with E-state index < -0.39 is 0 Å². The molecule has 0 unspecified atom stereocenters. The monoisotopic (exact) mass is 309 g/mol. The van der Waals surface area contributed by atoms with Gasteiger partial charge < -0.3 is 5.32 Å². The van der Waals surface area contributed by atoms with E-state index in [4.69, 9.17) is 0 Å². The van der Waals surface area contributed by atoms with Gasteiger partial charge in [0.2, 0.25) is 0 Å². The summed E-state index contributed by atoms with van der Waals surface area (Å²) in [5.74, 6) is 0.0215. The smallest absolute Gasteiger partial charge is 0.252 e. The number of benzene rings is 2. The van der Waals surface area contributed by atoms with Gasteiger partial charge in [-0.1, -0.05) is 30.0 Å². The predicted octanol–water partition coefficient (Wildman–Crippen LogP) is 3.61. The minimum atomic E-state index is 0.0215. The van der Waals surface area contributed by atoms with E-state index >= 15 is 0 Å². The van der Waals surface area contributed by atoms with Gasteiger partial charge in [0.1, 0.15) is 0 Å². The van der Waals surface area contributed by atoms with Crippen molar-refractivity contribution >= 4 is 28.6 Å². The quantitative estimate of drug-likeness (QED) is 0.774. The summed E-state index contributed by atoms with van der Waals surface area (Å²) >= 11 is 1.60. The van der Waals surface area contributed by atoms with Gasteiger partial charge in [-0.25, -0.2) is 0 Å². The first-order chi connectivity index (χ1) is 10.8. The molecule has 3 aromatic rings. The Kier molecular flexibility index (Phi) is 3.35. The van der Waals surface area contributed by atoms with Crippen LogP contribution in [-0.4, -0.2) is 22.1 Å². The molecule has 0 bridgehead atoms. The fraction of sp³-hybridized carbons (Fsp3) is 0.176. The topological polar surface area (TPSA) is 57.8 Å². The van der Waals surface area contributed by atoms with Gasteiger partial charge in [-0.3, -0.25) is 9.89 Å². The molecular formula is C17H15N3OS. The second kappa shape index (κ2) is 5.50. The zero-order valence-electron chi connectivity index (χ0n) is 11.9. The summed E-state index contributed by atoms with van der Waals surface area (Å²) in [6, 6.07) is 14.3. The maximum Gasteiger partial charge on any atom is 0.252 e. The van der Waals surface area contributed by atoms with Crippen molar-refractivity contribution in [2.75, 3.05) is 0 Å². The molecule has 0 spiro atoms. The van der Waals surface area contributed by atoms with Crippen molar-refractivity contribution in [2.24, 2.45) is 0 Å². The van der Waals surface area contributed by atoms with Crippen LogP contribution in [0.2, 0.25) is 0 Å². The largest absolute Gasteiger partial charge is 0.349 e. The van der Waals surface area contributed by atoms with Crippen molar-refractivity contribution in [3.8, 4) is 0 Å². The van der Waals surface area contributed by atoms with Crippen LogP contribution in [0.15, 0.2) is 58.5 Å². The van der Waals surface area contributed by atoms with E-state index in [1.165, 1.54) is 0 Å². The third-order valence-corrected chi connectivity index (χ3v) is 4.75. The molecule has 4 rings (SSSR count). The maximum atomic E-state index is 12.3. The lowest BCUT2D eigenvalue weighted by Crippen LogP contribution is -2.25. The summed E-state index contributed by atoms with van der Waals surface area (Å²) in [4.78, 5) is 14.4. The molecule has 1 aliphatic carbocycles. The number of hydrogen-bond acceptors (Lipinski definition) is 3. The van der Waals surface area contributed by atoms with Crippen molar-refractivity contribution in [1.29, 1.82) is 0 Å². The van der Waals surface area contributed by atoms with Crippen molar-refractivity contribution in [1.82, 2.24) is 15.5 Å². The summed E-state index contributed by atoms with van der Waals surface area (Å²) < 4.78 is 0. The van der Waals surface area contributed by atoms with E-state index in [0.29, 0.717) is 6.04 Å². The third-order valence-electron chi connectivity index (χ3n) is 3.69. The van der Waals surface area contributed by atoms with Crippen LogP contribution in [-0.2, 0) is 0 Å². The Bertz CT molecular complexity index is 839. The third kappa shape index (κ3) is 2.72. The first-order valence-corrected chi connectivity index (χ1v) is 8.12. The highest BCUT2D eigenvalue weighted by atomic mass is 32.2. The minimum Gasteiger partial charge on any atom is -0.349 e. The van der Waals surface area contributed by atoms with Gasteiger partial charge in [0.15, 0.2) is 0 Å². The molecule has 0 radical (unpaired) electrons. The van der Waals surface area contributed by atoms with E-state index in [1.54, 1.807) is 18.0 Å². The van der Waals surface area contributed by atoms with E-state index in [0.717, 1.165) is 39.1 Å². The van der Waals surface area contributed by atoms with Crippen LogP contribution in [0.3, 0.4) is 0 Å². The zero-order chi connectivity index (χ0) is 14.9. The average Bonchev–Trinajstić information content (AvgIpc) is 3.22. The predicted molar refractivity (Wildman–Crippen MR) is 87.1 cm³/mol. The standard InChI is InChI=1S/C17H15N3OS/c21-17(19-12-6-7-12)14-3-1-2-4-16(14)22-13-8-5-11-10-18-20-15(11)9-13/h1-5,8-10,12H,6-7H2,(H,18,20)(H,19,21). The summed E-state index contributed by atoms with van der Waals surface area (Å²) in [6.07, 6.45) is 4.00. The van der Waals surface area contributed by atoms with Crippen LogP contribution in [0.25, 0.3) is 10.9 Å². The van der Waals surface area contributed by atoms with Gasteiger partial charge >= 0.3 is 0 Å². The fourth-order valence-electron chi connectivity index (χ4n) is 2.34. The van der Waals surface area contributed by atoms with Crippen molar-refractivity contribution in [3.63, 3.8) is 0 Å². The number of fused-ring (bicyclic) bond motifs is 1. The summed E-state index contributed by atoms with van der Waals surface area (Å²) in [7, 11) is 0. The number of carbonyl (C=O) groups is 1. The normalized spacial score (nSPS) is 14.2. The van der Waals surface area contributed by atoms with Crippen LogP contribution in [0.4, 0.5) is 0 Å². The molecule has 1 saturated carbocycles. The van der Waals surface area contributed by atoms with Crippen LogP contribution >= 0.6 is 11.8 Å². The lowest BCUT2D eigenvalue weighted by molar-refractivity contribution is 0.0948. The van der Waals surface area contributed by atoms with Crippen LogP contribution in [0.5, 0.6) is 0 Å². The van der Waals surface area contributed by atoms with Crippen LogP contribution < -0.4 is 5.32 Å². The molecule has 1 aliphatic rings. The van der Waals surface area contributed by atoms with Gasteiger partial charge in [0.05, 0.1) is 17.3 Å². The van der Waals surface area contributed by atoms with E-state index in [1.807, 2.05) is 30.3 Å². The second-order valence-electron chi connectivity index (χ2n) is 5.47. The molecular weight excluding hydrogens is 294 g/mol. The number of nitrogens with zero attached hydrogens (tertiary/aromatic N) is 1. The average molecular weight is 309 g/mol. The van der Waals surface area contributed by atoms with E-state index in [9.17, 15) is 4.79 Å². The number of carbonyl (C=O) groups excluding carboxylic acids is 1. The summed E-state index contributed by atoms with van der Waals surface area (Å²) in [6.45, 7) is 0. The molecule has 1 fully saturated rings. The Morgan fingerprint density at radius 3 is 2.95 bits per heavy atom. The number of amides is 1. The highest BCUT2D eigenvalue weighted by molar-refractivity contribution is 7.99. The van der Waals surface area contributed by atoms with Crippen LogP contribution in [0.1, 0.15) is 23.2 Å². The molecule has 22 heavy (non-hydrogen) atoms. The van der Waals surface area contributed by atoms with Gasteiger partial charge in [-0.2, -0.15) is 5.10 Å². The number of aromatic nitrogens is 2. The molecule has 0 aliphatic heterocycles. The molecule has 5 heteroatoms. The molecule has 2 N–H and O–H groups in total. The van der Waals surface area contributed by atoms with E-state index in [-0.39, 0.29) is 5.91 Å². The van der Waals surface area contributed by atoms with Gasteiger partial charge in [-0.05, 0) is 37.1 Å².